The summed E-state index contributed by atoms with van der Waals surface area (Å²) in [5, 5.41) is 2.72. The van der Waals surface area contributed by atoms with Crippen molar-refractivity contribution >= 4 is 12.0 Å². The number of urea groups is 1. The van der Waals surface area contributed by atoms with Crippen LogP contribution in [0.2, 0.25) is 0 Å². The third kappa shape index (κ3) is 4.29. The molecule has 148 valence electrons. The Morgan fingerprint density at radius 2 is 2.00 bits per heavy atom. The van der Waals surface area contributed by atoms with Gasteiger partial charge < -0.3 is 19.5 Å². The topological polar surface area (TPSA) is 77.1 Å². The number of hydrogen-bond donors (Lipinski definition) is 1. The van der Waals surface area contributed by atoms with Crippen LogP contribution < -0.4 is 14.8 Å². The first-order valence-corrected chi connectivity index (χ1v) is 8.42. The first kappa shape index (κ1) is 20.5. The van der Waals surface area contributed by atoms with E-state index in [1.54, 1.807) is 26.8 Å². The maximum absolute atomic E-state index is 12.7. The maximum Gasteiger partial charge on any atom is 0.387 e. The molecule has 0 fully saturated rings. The molecule has 1 aliphatic heterocycles. The molecule has 1 N–H and O–H groups in total. The van der Waals surface area contributed by atoms with E-state index in [0.29, 0.717) is 17.8 Å². The van der Waals surface area contributed by atoms with Gasteiger partial charge in [-0.15, -0.1) is 0 Å². The van der Waals surface area contributed by atoms with Gasteiger partial charge in [-0.2, -0.15) is 8.78 Å². The summed E-state index contributed by atoms with van der Waals surface area (Å²) in [6, 6.07) is 3.04. The fourth-order valence-electron chi connectivity index (χ4n) is 2.95. The van der Waals surface area contributed by atoms with E-state index >= 15 is 0 Å². The number of halogens is 2. The number of nitrogens with zero attached hydrogens (tertiary/aromatic N) is 1. The number of methoxy groups -OCH3 is 1. The molecule has 0 aromatic heterocycles. The van der Waals surface area contributed by atoms with Gasteiger partial charge in [-0.05, 0) is 38.5 Å². The largest absolute Gasteiger partial charge is 0.493 e. The van der Waals surface area contributed by atoms with Crippen LogP contribution in [0.3, 0.4) is 0 Å². The first-order valence-electron chi connectivity index (χ1n) is 8.42. The van der Waals surface area contributed by atoms with E-state index in [0.717, 1.165) is 0 Å². The molecule has 0 spiro atoms. The van der Waals surface area contributed by atoms with Crippen molar-refractivity contribution in [3.63, 3.8) is 0 Å². The third-order valence-corrected chi connectivity index (χ3v) is 4.14. The van der Waals surface area contributed by atoms with Crippen LogP contribution in [0, 0.1) is 0 Å². The fourth-order valence-corrected chi connectivity index (χ4v) is 2.95. The number of hydrogen-bond acceptors (Lipinski definition) is 5. The molecule has 0 saturated carbocycles. The summed E-state index contributed by atoms with van der Waals surface area (Å²) in [5.41, 5.74) is 1.06. The smallest absolute Gasteiger partial charge is 0.387 e. The average Bonchev–Trinajstić information content (AvgIpc) is 2.61. The highest BCUT2D eigenvalue weighted by atomic mass is 19.3. The number of carbonyl (C=O) groups is 2. The van der Waals surface area contributed by atoms with E-state index in [1.807, 2.05) is 0 Å². The number of nitrogens with one attached hydrogen (secondary N) is 1. The monoisotopic (exact) mass is 384 g/mol. The molecule has 27 heavy (non-hydrogen) atoms. The Labute approximate surface area is 155 Å². The number of esters is 1. The van der Waals surface area contributed by atoms with Crippen molar-refractivity contribution in [2.24, 2.45) is 0 Å². The SMILES string of the molecule is CCOC(=O)C1=C(C)N(CC)C(=O)N[C@@H]1c1ccc(OC)c(OC(F)F)c1. The summed E-state index contributed by atoms with van der Waals surface area (Å²) in [6.45, 7) is 2.55. The molecule has 1 aromatic carbocycles. The van der Waals surface area contributed by atoms with Crippen molar-refractivity contribution in [2.75, 3.05) is 20.3 Å². The van der Waals surface area contributed by atoms with Gasteiger partial charge in [-0.1, -0.05) is 6.07 Å². The lowest BCUT2D eigenvalue weighted by molar-refractivity contribution is -0.139. The van der Waals surface area contributed by atoms with Crippen LogP contribution >= 0.6 is 0 Å². The number of benzene rings is 1. The molecule has 2 rings (SSSR count). The van der Waals surface area contributed by atoms with Gasteiger partial charge in [0.25, 0.3) is 0 Å². The molecule has 9 heteroatoms. The highest BCUT2D eigenvalue weighted by Gasteiger charge is 2.36. The molecule has 0 aliphatic carbocycles. The van der Waals surface area contributed by atoms with E-state index < -0.39 is 24.7 Å². The van der Waals surface area contributed by atoms with Crippen molar-refractivity contribution in [3.8, 4) is 11.5 Å². The summed E-state index contributed by atoms with van der Waals surface area (Å²) >= 11 is 0. The Balaban J connectivity index is 2.55. The zero-order chi connectivity index (χ0) is 20.1. The lowest BCUT2D eigenvalue weighted by atomic mass is 9.94. The Hall–Kier alpha value is -2.84. The second-order valence-electron chi connectivity index (χ2n) is 5.64. The number of ether oxygens (including phenoxy) is 3. The maximum atomic E-state index is 12.7. The summed E-state index contributed by atoms with van der Waals surface area (Å²) in [5.74, 6) is -0.682. The van der Waals surface area contributed by atoms with Crippen LogP contribution in [0.5, 0.6) is 11.5 Å². The van der Waals surface area contributed by atoms with Crippen LogP contribution in [-0.2, 0) is 9.53 Å². The van der Waals surface area contributed by atoms with Gasteiger partial charge in [0.2, 0.25) is 0 Å². The number of alkyl halides is 2. The predicted octanol–water partition coefficient (Wildman–Crippen LogP) is 3.22. The molecular formula is C18H22F2N2O5. The number of carbonyl (C=O) groups excluding carboxylic acids is 2. The summed E-state index contributed by atoms with van der Waals surface area (Å²) in [4.78, 5) is 26.3. The molecule has 0 unspecified atom stereocenters. The normalized spacial score (nSPS) is 17.1. The van der Waals surface area contributed by atoms with Crippen LogP contribution in [0.1, 0.15) is 32.4 Å². The lowest BCUT2D eigenvalue weighted by Gasteiger charge is -2.35. The van der Waals surface area contributed by atoms with Gasteiger partial charge in [0.15, 0.2) is 11.5 Å². The number of allylic oxidation sites excluding steroid dienone is 1. The molecular weight excluding hydrogens is 362 g/mol. The lowest BCUT2D eigenvalue weighted by Crippen LogP contribution is -2.47. The predicted molar refractivity (Wildman–Crippen MR) is 92.6 cm³/mol. The summed E-state index contributed by atoms with van der Waals surface area (Å²) < 4.78 is 40.0. The van der Waals surface area contributed by atoms with E-state index in [1.165, 1.54) is 24.1 Å². The minimum atomic E-state index is -3.05. The van der Waals surface area contributed by atoms with Gasteiger partial charge in [-0.25, -0.2) is 9.59 Å². The second-order valence-corrected chi connectivity index (χ2v) is 5.64. The van der Waals surface area contributed by atoms with Crippen LogP contribution in [0.15, 0.2) is 29.5 Å². The van der Waals surface area contributed by atoms with Gasteiger partial charge in [0.05, 0.1) is 25.3 Å². The highest BCUT2D eigenvalue weighted by molar-refractivity contribution is 5.95. The van der Waals surface area contributed by atoms with Crippen molar-refractivity contribution < 1.29 is 32.6 Å². The molecule has 0 saturated heterocycles. The highest BCUT2D eigenvalue weighted by Crippen LogP contribution is 2.36. The van der Waals surface area contributed by atoms with E-state index in [9.17, 15) is 18.4 Å². The van der Waals surface area contributed by atoms with Crippen LogP contribution in [0.25, 0.3) is 0 Å². The molecule has 7 nitrogen and oxygen atoms in total. The minimum absolute atomic E-state index is 0.106. The Bertz CT molecular complexity index is 751. The quantitative estimate of drug-likeness (QED) is 0.731. The molecule has 1 atom stereocenters. The third-order valence-electron chi connectivity index (χ3n) is 4.14. The van der Waals surface area contributed by atoms with Crippen LogP contribution in [0.4, 0.5) is 13.6 Å². The standard InChI is InChI=1S/C18H22F2N2O5/c1-5-22-10(3)14(16(23)26-6-2)15(21-18(22)24)11-7-8-12(25-4)13(9-11)27-17(19)20/h7-9,15,17H,5-6H2,1-4H3,(H,21,24)/t15-/m1/s1. The van der Waals surface area contributed by atoms with Crippen molar-refractivity contribution in [2.45, 2.75) is 33.4 Å². The Morgan fingerprint density at radius 3 is 2.56 bits per heavy atom. The van der Waals surface area contributed by atoms with Gasteiger partial charge >= 0.3 is 18.6 Å². The van der Waals surface area contributed by atoms with Gasteiger partial charge in [0.1, 0.15) is 0 Å². The molecule has 1 aromatic rings. The average molecular weight is 384 g/mol. The second kappa shape index (κ2) is 8.70. The van der Waals surface area contributed by atoms with Crippen molar-refractivity contribution in [3.05, 3.63) is 35.0 Å². The first-order chi connectivity index (χ1) is 12.8. The van der Waals surface area contributed by atoms with E-state index in [4.69, 9.17) is 9.47 Å². The summed E-state index contributed by atoms with van der Waals surface area (Å²) in [7, 11) is 1.32. The Kier molecular flexibility index (Phi) is 6.59. The van der Waals surface area contributed by atoms with Crippen LogP contribution in [-0.4, -0.2) is 43.8 Å². The molecule has 1 aliphatic rings. The zero-order valence-corrected chi connectivity index (χ0v) is 15.5. The minimum Gasteiger partial charge on any atom is -0.493 e. The molecule has 1 heterocycles. The van der Waals surface area contributed by atoms with Gasteiger partial charge in [-0.3, -0.25) is 4.90 Å². The molecule has 2 amide bonds. The Morgan fingerprint density at radius 1 is 1.30 bits per heavy atom. The number of amides is 2. The molecule has 0 bridgehead atoms. The molecule has 0 radical (unpaired) electrons. The summed E-state index contributed by atoms with van der Waals surface area (Å²) in [6.07, 6.45) is 0. The van der Waals surface area contributed by atoms with Crippen molar-refractivity contribution in [1.29, 1.82) is 0 Å². The fraction of sp³-hybridized carbons (Fsp3) is 0.444. The van der Waals surface area contributed by atoms with Crippen molar-refractivity contribution in [1.82, 2.24) is 10.2 Å². The number of rotatable bonds is 7. The van der Waals surface area contributed by atoms with E-state index in [2.05, 4.69) is 10.1 Å². The zero-order valence-electron chi connectivity index (χ0n) is 15.5. The van der Waals surface area contributed by atoms with E-state index in [-0.39, 0.29) is 23.7 Å². The van der Waals surface area contributed by atoms with Gasteiger partial charge in [0, 0.05) is 12.2 Å².